The molecule has 0 atom stereocenters. The second-order valence-corrected chi connectivity index (χ2v) is 9.20. The van der Waals surface area contributed by atoms with Crippen LogP contribution in [0.15, 0.2) is 48.5 Å². The fourth-order valence-electron chi connectivity index (χ4n) is 5.00. The van der Waals surface area contributed by atoms with Crippen LogP contribution in [0, 0.1) is 5.41 Å². The van der Waals surface area contributed by atoms with Gasteiger partial charge in [-0.05, 0) is 35.1 Å². The molecular formula is C27H32N2O6. The second-order valence-electron chi connectivity index (χ2n) is 9.20. The van der Waals surface area contributed by atoms with Crippen molar-refractivity contribution in [3.8, 4) is 11.1 Å². The summed E-state index contributed by atoms with van der Waals surface area (Å²) in [6.07, 6.45) is 0.306. The van der Waals surface area contributed by atoms with Gasteiger partial charge >= 0.3 is 12.1 Å². The van der Waals surface area contributed by atoms with Crippen molar-refractivity contribution in [3.63, 3.8) is 0 Å². The maximum Gasteiger partial charge on any atom is 0.407 e. The van der Waals surface area contributed by atoms with Gasteiger partial charge in [0.25, 0.3) is 0 Å². The van der Waals surface area contributed by atoms with Gasteiger partial charge in [-0.2, -0.15) is 0 Å². The molecule has 2 aliphatic rings. The van der Waals surface area contributed by atoms with E-state index in [1.165, 1.54) is 11.1 Å². The zero-order valence-corrected chi connectivity index (χ0v) is 20.2. The van der Waals surface area contributed by atoms with Gasteiger partial charge in [-0.25, -0.2) is 9.59 Å². The first-order chi connectivity index (χ1) is 16.9. The molecule has 1 aliphatic heterocycles. The van der Waals surface area contributed by atoms with E-state index < -0.39 is 17.5 Å². The van der Waals surface area contributed by atoms with E-state index >= 15 is 0 Å². The molecule has 1 aliphatic carbocycles. The number of benzene rings is 2. The van der Waals surface area contributed by atoms with Crippen molar-refractivity contribution in [2.45, 2.75) is 38.7 Å². The Bertz CT molecular complexity index is 1050. The van der Waals surface area contributed by atoms with Crippen LogP contribution in [0.1, 0.15) is 43.7 Å². The third-order valence-corrected chi connectivity index (χ3v) is 7.30. The van der Waals surface area contributed by atoms with Gasteiger partial charge < -0.3 is 24.8 Å². The quantitative estimate of drug-likeness (QED) is 0.538. The second kappa shape index (κ2) is 10.5. The minimum atomic E-state index is -1.03. The highest BCUT2D eigenvalue weighted by atomic mass is 16.5. The molecule has 8 heteroatoms. The highest BCUT2D eigenvalue weighted by Gasteiger charge is 2.43. The van der Waals surface area contributed by atoms with Crippen LogP contribution in [0.25, 0.3) is 11.1 Å². The van der Waals surface area contributed by atoms with E-state index in [2.05, 4.69) is 29.6 Å². The van der Waals surface area contributed by atoms with Crippen molar-refractivity contribution in [1.29, 1.82) is 0 Å². The summed E-state index contributed by atoms with van der Waals surface area (Å²) in [6.45, 7) is 4.60. The number of carbonyl (C=O) groups is 3. The standard InChI is InChI=1S/C27H32N2O6/c1-3-27(4-2,25(32)29-13-18(14-29)34-16-24(30)31)17-28-26(33)35-15-23-21-11-7-5-9-19(21)20-10-6-8-12-22(20)23/h5-12,18,23H,3-4,13-17H2,1-2H3,(H,28,33)(H,30,31). The molecule has 2 amide bonds. The number of alkyl carbamates (subject to hydrolysis) is 1. The fourth-order valence-corrected chi connectivity index (χ4v) is 5.00. The summed E-state index contributed by atoms with van der Waals surface area (Å²) in [6, 6.07) is 16.3. The van der Waals surface area contributed by atoms with Gasteiger partial charge in [0.2, 0.25) is 5.91 Å². The van der Waals surface area contributed by atoms with Crippen LogP contribution >= 0.6 is 0 Å². The smallest absolute Gasteiger partial charge is 0.407 e. The molecule has 0 spiro atoms. The number of carboxylic acid groups (broad SMARTS) is 1. The van der Waals surface area contributed by atoms with Gasteiger partial charge in [0.05, 0.1) is 11.5 Å². The summed E-state index contributed by atoms with van der Waals surface area (Å²) in [5, 5.41) is 11.6. The zero-order chi connectivity index (χ0) is 25.0. The number of carbonyl (C=O) groups excluding carboxylic acids is 2. The summed E-state index contributed by atoms with van der Waals surface area (Å²) in [7, 11) is 0. The molecule has 8 nitrogen and oxygen atoms in total. The molecular weight excluding hydrogens is 448 g/mol. The molecule has 2 N–H and O–H groups in total. The first kappa shape index (κ1) is 24.7. The lowest BCUT2D eigenvalue weighted by atomic mass is 9.80. The molecule has 0 aromatic heterocycles. The average Bonchev–Trinajstić information content (AvgIpc) is 3.16. The van der Waals surface area contributed by atoms with E-state index in [0.717, 1.165) is 11.1 Å². The number of carboxylic acids is 1. The molecule has 1 heterocycles. The first-order valence-electron chi connectivity index (χ1n) is 12.1. The van der Waals surface area contributed by atoms with Gasteiger partial charge in [0, 0.05) is 25.6 Å². The Morgan fingerprint density at radius 1 is 1.00 bits per heavy atom. The SMILES string of the molecule is CCC(CC)(CNC(=O)OCC1c2ccccc2-c2ccccc21)C(=O)N1CC(OCC(=O)O)C1. The molecule has 2 aromatic rings. The maximum atomic E-state index is 13.2. The topological polar surface area (TPSA) is 105 Å². The van der Waals surface area contributed by atoms with Crippen molar-refractivity contribution in [3.05, 3.63) is 59.7 Å². The molecule has 0 saturated carbocycles. The van der Waals surface area contributed by atoms with Crippen LogP contribution in [0.3, 0.4) is 0 Å². The van der Waals surface area contributed by atoms with E-state index in [1.54, 1.807) is 4.90 Å². The van der Waals surface area contributed by atoms with Crippen LogP contribution < -0.4 is 5.32 Å². The average molecular weight is 481 g/mol. The number of likely N-dealkylation sites (tertiary alicyclic amines) is 1. The third kappa shape index (κ3) is 5.03. The van der Waals surface area contributed by atoms with Crippen molar-refractivity contribution in [1.82, 2.24) is 10.2 Å². The lowest BCUT2D eigenvalue weighted by Crippen LogP contribution is -2.60. The molecule has 4 rings (SSSR count). The van der Waals surface area contributed by atoms with Gasteiger partial charge in [-0.3, -0.25) is 4.79 Å². The largest absolute Gasteiger partial charge is 0.480 e. The van der Waals surface area contributed by atoms with Crippen molar-refractivity contribution in [2.24, 2.45) is 5.41 Å². The molecule has 0 unspecified atom stereocenters. The fraction of sp³-hybridized carbons (Fsp3) is 0.444. The number of ether oxygens (including phenoxy) is 2. The number of nitrogens with zero attached hydrogens (tertiary/aromatic N) is 1. The molecule has 1 fully saturated rings. The first-order valence-corrected chi connectivity index (χ1v) is 12.1. The third-order valence-electron chi connectivity index (χ3n) is 7.30. The van der Waals surface area contributed by atoms with Gasteiger partial charge in [-0.1, -0.05) is 62.4 Å². The van der Waals surface area contributed by atoms with Crippen molar-refractivity contribution in [2.75, 3.05) is 32.8 Å². The Labute approximate surface area is 205 Å². The van der Waals surface area contributed by atoms with Crippen LogP contribution in [-0.2, 0) is 19.1 Å². The number of amides is 2. The monoisotopic (exact) mass is 480 g/mol. The van der Waals surface area contributed by atoms with Crippen LogP contribution in [0.4, 0.5) is 4.79 Å². The zero-order valence-electron chi connectivity index (χ0n) is 20.2. The molecule has 1 saturated heterocycles. The Kier molecular flexibility index (Phi) is 7.40. The summed E-state index contributed by atoms with van der Waals surface area (Å²) in [5.74, 6) is -1.11. The summed E-state index contributed by atoms with van der Waals surface area (Å²) >= 11 is 0. The van der Waals surface area contributed by atoms with Gasteiger partial charge in [0.15, 0.2) is 0 Å². The van der Waals surface area contributed by atoms with E-state index in [1.807, 2.05) is 38.1 Å². The van der Waals surface area contributed by atoms with E-state index in [9.17, 15) is 14.4 Å². The predicted molar refractivity (Wildman–Crippen MR) is 130 cm³/mol. The normalized spacial score (nSPS) is 15.2. The molecule has 35 heavy (non-hydrogen) atoms. The lowest BCUT2D eigenvalue weighted by Gasteiger charge is -2.44. The number of aliphatic carboxylic acids is 1. The van der Waals surface area contributed by atoms with Crippen LogP contribution in [-0.4, -0.2) is 66.9 Å². The molecule has 0 bridgehead atoms. The minimum absolute atomic E-state index is 0.0271. The predicted octanol–water partition coefficient (Wildman–Crippen LogP) is 3.64. The van der Waals surface area contributed by atoms with Crippen LogP contribution in [0.2, 0.25) is 0 Å². The van der Waals surface area contributed by atoms with E-state index in [-0.39, 0.29) is 37.7 Å². The number of rotatable bonds is 10. The van der Waals surface area contributed by atoms with Gasteiger partial charge in [-0.15, -0.1) is 0 Å². The number of hydrogen-bond acceptors (Lipinski definition) is 5. The maximum absolute atomic E-state index is 13.2. The summed E-state index contributed by atoms with van der Waals surface area (Å²) in [5.41, 5.74) is 3.87. The molecule has 186 valence electrons. The Morgan fingerprint density at radius 3 is 2.11 bits per heavy atom. The Morgan fingerprint density at radius 2 is 1.57 bits per heavy atom. The van der Waals surface area contributed by atoms with Crippen LogP contribution in [0.5, 0.6) is 0 Å². The lowest BCUT2D eigenvalue weighted by molar-refractivity contribution is -0.161. The summed E-state index contributed by atoms with van der Waals surface area (Å²) in [4.78, 5) is 38.2. The highest BCUT2D eigenvalue weighted by Crippen LogP contribution is 2.44. The van der Waals surface area contributed by atoms with Crippen molar-refractivity contribution >= 4 is 18.0 Å². The van der Waals surface area contributed by atoms with Crippen molar-refractivity contribution < 1.29 is 29.0 Å². The number of nitrogens with one attached hydrogen (secondary N) is 1. The molecule has 2 aromatic carbocycles. The Hall–Kier alpha value is -3.39. The van der Waals surface area contributed by atoms with E-state index in [4.69, 9.17) is 14.6 Å². The highest BCUT2D eigenvalue weighted by molar-refractivity contribution is 5.84. The van der Waals surface area contributed by atoms with Gasteiger partial charge in [0.1, 0.15) is 13.2 Å². The summed E-state index contributed by atoms with van der Waals surface area (Å²) < 4.78 is 10.9. The number of hydrogen-bond donors (Lipinski definition) is 2. The van der Waals surface area contributed by atoms with E-state index in [0.29, 0.717) is 25.9 Å². The number of fused-ring (bicyclic) bond motifs is 3. The Balaban J connectivity index is 1.32. The molecule has 0 radical (unpaired) electrons. The minimum Gasteiger partial charge on any atom is -0.480 e.